The maximum Gasteiger partial charge on any atom is 0.269 e. The zero-order chi connectivity index (χ0) is 13.7. The minimum Gasteiger partial charge on any atom is -0.479 e. The third kappa shape index (κ3) is 3.07. The maximum absolute atomic E-state index is 10.6. The summed E-state index contributed by atoms with van der Waals surface area (Å²) in [6, 6.07) is 5.85. The van der Waals surface area contributed by atoms with Gasteiger partial charge in [-0.1, -0.05) is 0 Å². The number of nitrogens with one attached hydrogen (secondary N) is 1. The second-order valence-electron chi connectivity index (χ2n) is 3.60. The van der Waals surface area contributed by atoms with E-state index in [0.717, 1.165) is 0 Å². The monoisotopic (exact) mass is 249 g/mol. The van der Waals surface area contributed by atoms with E-state index < -0.39 is 4.92 Å². The molecule has 3 N–H and O–H groups in total. The molecular formula is C12H15N3O3. The molecule has 6 heteroatoms. The Morgan fingerprint density at radius 2 is 2.00 bits per heavy atom. The van der Waals surface area contributed by atoms with Crippen LogP contribution in [0.3, 0.4) is 0 Å². The van der Waals surface area contributed by atoms with Gasteiger partial charge in [-0.15, -0.1) is 0 Å². The molecule has 0 aliphatic carbocycles. The molecule has 6 nitrogen and oxygen atoms in total. The van der Waals surface area contributed by atoms with Crippen LogP contribution in [0, 0.1) is 15.5 Å². The van der Waals surface area contributed by atoms with Gasteiger partial charge in [-0.2, -0.15) is 0 Å². The number of ether oxygens (including phenoxy) is 1. The molecule has 0 aliphatic heterocycles. The maximum atomic E-state index is 10.6. The lowest BCUT2D eigenvalue weighted by atomic mass is 10.0. The Kier molecular flexibility index (Phi) is 4.42. The van der Waals surface area contributed by atoms with Gasteiger partial charge in [-0.3, -0.25) is 10.1 Å². The summed E-state index contributed by atoms with van der Waals surface area (Å²) in [7, 11) is 0. The van der Waals surface area contributed by atoms with E-state index in [4.69, 9.17) is 15.9 Å². The summed E-state index contributed by atoms with van der Waals surface area (Å²) >= 11 is 0. The number of nitrogens with zero attached hydrogens (tertiary/aromatic N) is 1. The second-order valence-corrected chi connectivity index (χ2v) is 3.60. The lowest BCUT2D eigenvalue weighted by Gasteiger charge is -2.11. The van der Waals surface area contributed by atoms with Crippen molar-refractivity contribution in [2.75, 3.05) is 6.61 Å². The molecular weight excluding hydrogens is 234 g/mol. The molecule has 0 saturated carbocycles. The number of nitrogens with two attached hydrogens (primary N) is 1. The predicted octanol–water partition coefficient (Wildman–Crippen LogP) is 2.30. The Hall–Kier alpha value is -2.37. The second kappa shape index (κ2) is 5.81. The van der Waals surface area contributed by atoms with Gasteiger partial charge in [0.05, 0.1) is 17.1 Å². The fraction of sp³-hybridized carbons (Fsp3) is 0.250. The van der Waals surface area contributed by atoms with Crippen molar-refractivity contribution >= 4 is 17.0 Å². The van der Waals surface area contributed by atoms with Gasteiger partial charge in [0.1, 0.15) is 0 Å². The predicted molar refractivity (Wildman–Crippen MR) is 69.2 cm³/mol. The van der Waals surface area contributed by atoms with Crippen molar-refractivity contribution in [2.24, 2.45) is 5.73 Å². The number of nitro groups is 1. The normalized spacial score (nSPS) is 11.7. The highest BCUT2D eigenvalue weighted by molar-refractivity contribution is 6.21. The van der Waals surface area contributed by atoms with Gasteiger partial charge < -0.3 is 15.9 Å². The van der Waals surface area contributed by atoms with Crippen molar-refractivity contribution in [1.29, 1.82) is 5.41 Å². The van der Waals surface area contributed by atoms with Crippen molar-refractivity contribution in [1.82, 2.24) is 0 Å². The van der Waals surface area contributed by atoms with Crippen molar-refractivity contribution < 1.29 is 9.66 Å². The number of non-ortho nitro benzene ring substituents is 1. The number of benzene rings is 1. The van der Waals surface area contributed by atoms with Crippen LogP contribution in [0.1, 0.15) is 19.4 Å². The Balaban J connectivity index is 3.19. The molecule has 1 aromatic carbocycles. The van der Waals surface area contributed by atoms with Gasteiger partial charge in [0.15, 0.2) is 5.88 Å². The molecule has 0 spiro atoms. The molecule has 0 unspecified atom stereocenters. The molecule has 1 aromatic rings. The zero-order valence-corrected chi connectivity index (χ0v) is 10.3. The fourth-order valence-corrected chi connectivity index (χ4v) is 1.52. The third-order valence-corrected chi connectivity index (χ3v) is 2.29. The SMILES string of the molecule is CCO/C(N)=C(/C(C)=N)c1ccc([N+](=O)[O-])cc1. The summed E-state index contributed by atoms with van der Waals surface area (Å²) in [5.41, 5.74) is 7.06. The van der Waals surface area contributed by atoms with E-state index in [2.05, 4.69) is 0 Å². The van der Waals surface area contributed by atoms with Gasteiger partial charge >= 0.3 is 0 Å². The minimum absolute atomic E-state index is 0.00397. The Morgan fingerprint density at radius 1 is 1.44 bits per heavy atom. The van der Waals surface area contributed by atoms with Crippen molar-refractivity contribution in [3.8, 4) is 0 Å². The molecule has 0 atom stereocenters. The molecule has 0 bridgehead atoms. The summed E-state index contributed by atoms with van der Waals surface area (Å²) in [5, 5.41) is 18.2. The van der Waals surface area contributed by atoms with E-state index in [1.807, 2.05) is 0 Å². The lowest BCUT2D eigenvalue weighted by molar-refractivity contribution is -0.384. The average Bonchev–Trinajstić information content (AvgIpc) is 2.29. The van der Waals surface area contributed by atoms with Gasteiger partial charge in [0.2, 0.25) is 0 Å². The summed E-state index contributed by atoms with van der Waals surface area (Å²) in [4.78, 5) is 10.1. The highest BCUT2D eigenvalue weighted by Crippen LogP contribution is 2.21. The van der Waals surface area contributed by atoms with E-state index in [0.29, 0.717) is 17.7 Å². The molecule has 96 valence electrons. The molecule has 0 saturated heterocycles. The van der Waals surface area contributed by atoms with Crippen molar-refractivity contribution in [3.63, 3.8) is 0 Å². The van der Waals surface area contributed by atoms with Crippen LogP contribution in [-0.4, -0.2) is 17.2 Å². The van der Waals surface area contributed by atoms with E-state index in [9.17, 15) is 10.1 Å². The van der Waals surface area contributed by atoms with E-state index in [1.54, 1.807) is 26.0 Å². The van der Waals surface area contributed by atoms with Gasteiger partial charge in [0.25, 0.3) is 5.69 Å². The number of allylic oxidation sites excluding steroid dienone is 1. The topological polar surface area (TPSA) is 102 Å². The molecule has 0 amide bonds. The van der Waals surface area contributed by atoms with Crippen LogP contribution >= 0.6 is 0 Å². The summed E-state index contributed by atoms with van der Waals surface area (Å²) in [6.07, 6.45) is 0. The Morgan fingerprint density at radius 3 is 2.39 bits per heavy atom. The Bertz CT molecular complexity index is 492. The first-order chi connectivity index (χ1) is 8.47. The van der Waals surface area contributed by atoms with Crippen LogP contribution in [0.2, 0.25) is 0 Å². The van der Waals surface area contributed by atoms with Crippen LogP contribution in [-0.2, 0) is 4.74 Å². The van der Waals surface area contributed by atoms with Gasteiger partial charge in [-0.25, -0.2) is 0 Å². The Labute approximate surface area is 105 Å². The first kappa shape index (κ1) is 13.7. The molecule has 0 aliphatic rings. The number of nitro benzene ring substituents is 1. The third-order valence-electron chi connectivity index (χ3n) is 2.29. The zero-order valence-electron chi connectivity index (χ0n) is 10.3. The average molecular weight is 249 g/mol. The van der Waals surface area contributed by atoms with Gasteiger partial charge in [-0.05, 0) is 31.5 Å². The molecule has 0 aromatic heterocycles. The van der Waals surface area contributed by atoms with Crippen LogP contribution in [0.4, 0.5) is 5.69 Å². The lowest BCUT2D eigenvalue weighted by Crippen LogP contribution is -2.10. The first-order valence-electron chi connectivity index (χ1n) is 5.40. The van der Waals surface area contributed by atoms with Crippen LogP contribution in [0.15, 0.2) is 30.1 Å². The number of hydrogen-bond acceptors (Lipinski definition) is 5. The smallest absolute Gasteiger partial charge is 0.269 e. The van der Waals surface area contributed by atoms with Gasteiger partial charge in [0, 0.05) is 17.8 Å². The fourth-order valence-electron chi connectivity index (χ4n) is 1.52. The molecule has 0 heterocycles. The van der Waals surface area contributed by atoms with Crippen LogP contribution in [0.5, 0.6) is 0 Å². The molecule has 0 radical (unpaired) electrons. The van der Waals surface area contributed by atoms with Crippen molar-refractivity contribution in [2.45, 2.75) is 13.8 Å². The van der Waals surface area contributed by atoms with E-state index in [-0.39, 0.29) is 17.3 Å². The highest BCUT2D eigenvalue weighted by Gasteiger charge is 2.12. The largest absolute Gasteiger partial charge is 0.479 e. The van der Waals surface area contributed by atoms with Crippen LogP contribution < -0.4 is 5.73 Å². The molecule has 0 fully saturated rings. The van der Waals surface area contributed by atoms with Crippen molar-refractivity contribution in [3.05, 3.63) is 45.8 Å². The number of rotatable bonds is 5. The molecule has 1 rings (SSSR count). The number of hydrogen-bond donors (Lipinski definition) is 2. The molecule has 18 heavy (non-hydrogen) atoms. The first-order valence-corrected chi connectivity index (χ1v) is 5.40. The minimum atomic E-state index is -0.476. The summed E-state index contributed by atoms with van der Waals surface area (Å²) in [6.45, 7) is 3.78. The summed E-state index contributed by atoms with van der Waals surface area (Å²) < 4.78 is 5.18. The standard InChI is InChI=1S/C12H15N3O3/c1-3-18-12(14)11(8(2)13)9-4-6-10(7-5-9)15(16)17/h4-7,13H,3,14H2,1-2H3/b12-11-,13-8?. The quantitative estimate of drug-likeness (QED) is 0.361. The highest BCUT2D eigenvalue weighted by atomic mass is 16.6. The summed E-state index contributed by atoms with van der Waals surface area (Å²) in [5.74, 6) is 0.152. The van der Waals surface area contributed by atoms with E-state index >= 15 is 0 Å². The van der Waals surface area contributed by atoms with E-state index in [1.165, 1.54) is 12.1 Å². The van der Waals surface area contributed by atoms with Crippen LogP contribution in [0.25, 0.3) is 5.57 Å².